The lowest BCUT2D eigenvalue weighted by Gasteiger charge is -2.08. The van der Waals surface area contributed by atoms with Gasteiger partial charge in [-0.2, -0.15) is 4.98 Å². The van der Waals surface area contributed by atoms with Crippen LogP contribution in [0.5, 0.6) is 5.88 Å². The quantitative estimate of drug-likeness (QED) is 0.741. The van der Waals surface area contributed by atoms with Gasteiger partial charge in [-0.25, -0.2) is 4.98 Å². The Morgan fingerprint density at radius 1 is 1.47 bits per heavy atom. The standard InChI is InChI=1S/C11H15ClN2O/c1-7(2)6-15-10-5-9(12)13-11(14-10)8-3-4-8/h5,7-8H,3-4,6H2,1-2H3. The van der Waals surface area contributed by atoms with Crippen LogP contribution in [0.1, 0.15) is 38.4 Å². The third-order valence-corrected chi connectivity index (χ3v) is 2.39. The van der Waals surface area contributed by atoms with Crippen LogP contribution in [0.2, 0.25) is 5.15 Å². The van der Waals surface area contributed by atoms with Gasteiger partial charge in [0.25, 0.3) is 0 Å². The topological polar surface area (TPSA) is 35.0 Å². The minimum atomic E-state index is 0.477. The van der Waals surface area contributed by atoms with Gasteiger partial charge in [0.15, 0.2) is 0 Å². The van der Waals surface area contributed by atoms with Crippen molar-refractivity contribution in [3.8, 4) is 5.88 Å². The second-order valence-corrected chi connectivity index (χ2v) is 4.75. The van der Waals surface area contributed by atoms with Crippen molar-refractivity contribution < 1.29 is 4.74 Å². The van der Waals surface area contributed by atoms with Crippen molar-refractivity contribution >= 4 is 11.6 Å². The molecule has 1 aliphatic carbocycles. The first-order valence-corrected chi connectivity index (χ1v) is 5.70. The maximum absolute atomic E-state index is 5.91. The zero-order chi connectivity index (χ0) is 10.8. The molecule has 15 heavy (non-hydrogen) atoms. The third kappa shape index (κ3) is 3.06. The molecule has 0 bridgehead atoms. The number of nitrogens with zero attached hydrogens (tertiary/aromatic N) is 2. The first kappa shape index (κ1) is 10.7. The molecule has 0 atom stereocenters. The van der Waals surface area contributed by atoms with Crippen LogP contribution in [0.3, 0.4) is 0 Å². The summed E-state index contributed by atoms with van der Waals surface area (Å²) in [6.45, 7) is 4.87. The van der Waals surface area contributed by atoms with E-state index in [1.54, 1.807) is 6.07 Å². The molecule has 1 aromatic heterocycles. The van der Waals surface area contributed by atoms with E-state index in [1.165, 1.54) is 12.8 Å². The van der Waals surface area contributed by atoms with Gasteiger partial charge in [0, 0.05) is 12.0 Å². The van der Waals surface area contributed by atoms with Crippen molar-refractivity contribution in [3.63, 3.8) is 0 Å². The summed E-state index contributed by atoms with van der Waals surface area (Å²) in [6, 6.07) is 1.68. The zero-order valence-electron chi connectivity index (χ0n) is 9.03. The molecule has 1 aromatic rings. The third-order valence-electron chi connectivity index (χ3n) is 2.20. The van der Waals surface area contributed by atoms with Crippen LogP contribution in [0, 0.1) is 5.92 Å². The molecule has 0 N–H and O–H groups in total. The normalized spacial score (nSPS) is 15.7. The van der Waals surface area contributed by atoms with Crippen molar-refractivity contribution in [2.45, 2.75) is 32.6 Å². The minimum Gasteiger partial charge on any atom is -0.477 e. The Labute approximate surface area is 94.8 Å². The second-order valence-electron chi connectivity index (χ2n) is 4.37. The number of rotatable bonds is 4. The average Bonchev–Trinajstić information content (AvgIpc) is 2.97. The van der Waals surface area contributed by atoms with Gasteiger partial charge in [-0.1, -0.05) is 25.4 Å². The van der Waals surface area contributed by atoms with Gasteiger partial charge in [0.1, 0.15) is 11.0 Å². The smallest absolute Gasteiger partial charge is 0.218 e. The van der Waals surface area contributed by atoms with Crippen LogP contribution in [0.15, 0.2) is 6.07 Å². The van der Waals surface area contributed by atoms with Crippen molar-refractivity contribution in [2.24, 2.45) is 5.92 Å². The van der Waals surface area contributed by atoms with Crippen LogP contribution in [-0.2, 0) is 0 Å². The Hall–Kier alpha value is -0.830. The maximum Gasteiger partial charge on any atom is 0.218 e. The molecule has 0 radical (unpaired) electrons. The van der Waals surface area contributed by atoms with Gasteiger partial charge in [0.05, 0.1) is 6.61 Å². The average molecular weight is 227 g/mol. The maximum atomic E-state index is 5.91. The fourth-order valence-corrected chi connectivity index (χ4v) is 1.44. The SMILES string of the molecule is CC(C)COc1cc(Cl)nc(C2CC2)n1. The molecule has 2 rings (SSSR count). The Bertz CT molecular complexity index is 350. The Morgan fingerprint density at radius 3 is 2.80 bits per heavy atom. The highest BCUT2D eigenvalue weighted by Gasteiger charge is 2.27. The summed E-state index contributed by atoms with van der Waals surface area (Å²) in [4.78, 5) is 8.55. The van der Waals surface area contributed by atoms with Gasteiger partial charge < -0.3 is 4.74 Å². The fraction of sp³-hybridized carbons (Fsp3) is 0.636. The molecule has 1 fully saturated rings. The van der Waals surface area contributed by atoms with Crippen molar-refractivity contribution in [2.75, 3.05) is 6.61 Å². The van der Waals surface area contributed by atoms with Crippen LogP contribution in [-0.4, -0.2) is 16.6 Å². The summed E-state index contributed by atoms with van der Waals surface area (Å²) in [5, 5.41) is 0.477. The highest BCUT2D eigenvalue weighted by atomic mass is 35.5. The minimum absolute atomic E-state index is 0.477. The van der Waals surface area contributed by atoms with E-state index in [0.717, 1.165) is 5.82 Å². The van der Waals surface area contributed by atoms with Crippen molar-refractivity contribution in [3.05, 3.63) is 17.0 Å². The molecule has 0 saturated heterocycles. The number of aromatic nitrogens is 2. The molecule has 0 spiro atoms. The van der Waals surface area contributed by atoms with Crippen LogP contribution in [0.25, 0.3) is 0 Å². The summed E-state index contributed by atoms with van der Waals surface area (Å²) in [5.41, 5.74) is 0. The summed E-state index contributed by atoms with van der Waals surface area (Å²) in [6.07, 6.45) is 2.34. The molecule has 1 saturated carbocycles. The second kappa shape index (κ2) is 4.35. The van der Waals surface area contributed by atoms with E-state index in [1.807, 2.05) is 0 Å². The Kier molecular flexibility index (Phi) is 3.10. The lowest BCUT2D eigenvalue weighted by Crippen LogP contribution is -2.07. The Balaban J connectivity index is 2.09. The summed E-state index contributed by atoms with van der Waals surface area (Å²) in [7, 11) is 0. The summed E-state index contributed by atoms with van der Waals surface area (Å²) < 4.78 is 5.53. The fourth-order valence-electron chi connectivity index (χ4n) is 1.26. The number of halogens is 1. The lowest BCUT2D eigenvalue weighted by molar-refractivity contribution is 0.260. The molecule has 1 heterocycles. The van der Waals surface area contributed by atoms with Crippen LogP contribution < -0.4 is 4.74 Å². The largest absolute Gasteiger partial charge is 0.477 e. The van der Waals surface area contributed by atoms with Crippen molar-refractivity contribution in [1.82, 2.24) is 9.97 Å². The van der Waals surface area contributed by atoms with Gasteiger partial charge in [0.2, 0.25) is 5.88 Å². The van der Waals surface area contributed by atoms with E-state index in [9.17, 15) is 0 Å². The predicted octanol–water partition coefficient (Wildman–Crippen LogP) is 3.04. The van der Waals surface area contributed by atoms with Gasteiger partial charge >= 0.3 is 0 Å². The first-order chi connectivity index (χ1) is 7.15. The summed E-state index contributed by atoms with van der Waals surface area (Å²) in [5.74, 6) is 2.43. The molecule has 0 unspecified atom stereocenters. The van der Waals surface area contributed by atoms with Crippen molar-refractivity contribution in [1.29, 1.82) is 0 Å². The molecule has 82 valence electrons. The lowest BCUT2D eigenvalue weighted by atomic mass is 10.2. The van der Waals surface area contributed by atoms with E-state index in [0.29, 0.717) is 29.5 Å². The van der Waals surface area contributed by atoms with Gasteiger partial charge in [-0.3, -0.25) is 0 Å². The number of hydrogen-bond acceptors (Lipinski definition) is 3. The van der Waals surface area contributed by atoms with E-state index < -0.39 is 0 Å². The zero-order valence-corrected chi connectivity index (χ0v) is 9.79. The number of hydrogen-bond donors (Lipinski definition) is 0. The van der Waals surface area contributed by atoms with Gasteiger partial charge in [-0.15, -0.1) is 0 Å². The summed E-state index contributed by atoms with van der Waals surface area (Å²) >= 11 is 5.91. The van der Waals surface area contributed by atoms with Crippen LogP contribution >= 0.6 is 11.6 Å². The van der Waals surface area contributed by atoms with E-state index in [4.69, 9.17) is 16.3 Å². The highest BCUT2D eigenvalue weighted by molar-refractivity contribution is 6.29. The van der Waals surface area contributed by atoms with E-state index in [-0.39, 0.29) is 0 Å². The van der Waals surface area contributed by atoms with Gasteiger partial charge in [-0.05, 0) is 18.8 Å². The van der Waals surface area contributed by atoms with E-state index >= 15 is 0 Å². The number of ether oxygens (including phenoxy) is 1. The molecule has 4 heteroatoms. The molecule has 0 amide bonds. The molecule has 0 aliphatic heterocycles. The molecule has 3 nitrogen and oxygen atoms in total. The van der Waals surface area contributed by atoms with Crippen LogP contribution in [0.4, 0.5) is 0 Å². The predicted molar refractivity (Wildman–Crippen MR) is 59.4 cm³/mol. The highest BCUT2D eigenvalue weighted by Crippen LogP contribution is 2.38. The monoisotopic (exact) mass is 226 g/mol. The molecule has 0 aromatic carbocycles. The Morgan fingerprint density at radius 2 is 2.20 bits per heavy atom. The molecular weight excluding hydrogens is 212 g/mol. The molecular formula is C11H15ClN2O. The first-order valence-electron chi connectivity index (χ1n) is 5.32. The van der Waals surface area contributed by atoms with E-state index in [2.05, 4.69) is 23.8 Å². The molecule has 1 aliphatic rings.